The van der Waals surface area contributed by atoms with Crippen LogP contribution in [-0.4, -0.2) is 29.4 Å². The molecule has 0 amide bonds. The second-order valence-corrected chi connectivity index (χ2v) is 9.90. The Hall–Kier alpha value is 1.51. The fourth-order valence-corrected chi connectivity index (χ4v) is 4.53. The van der Waals surface area contributed by atoms with E-state index in [0.29, 0.717) is 12.8 Å². The Morgan fingerprint density at radius 2 is 0.964 bits per heavy atom. The monoisotopic (exact) mass is 444 g/mol. The van der Waals surface area contributed by atoms with Crippen LogP contribution in [0.2, 0.25) is 0 Å². The molecule has 0 aliphatic carbocycles. The molecule has 164 valence electrons. The molecule has 0 aromatic rings. The number of aliphatic hydroxyl groups excluding tert-OH is 1. The van der Waals surface area contributed by atoms with Gasteiger partial charge in [-0.3, -0.25) is 0 Å². The van der Waals surface area contributed by atoms with Crippen LogP contribution in [-0.2, 0) is 10.1 Å². The fraction of sp³-hybridized carbons (Fsp3) is 1.00. The fourth-order valence-electron chi connectivity index (χ4n) is 3.66. The van der Waals surface area contributed by atoms with Crippen molar-refractivity contribution in [2.45, 2.75) is 141 Å². The minimum Gasteiger partial charge on any atom is -0.748 e. The molecular weight excluding hydrogens is 399 g/mol. The normalized spacial score (nSPS) is 13.9. The van der Waals surface area contributed by atoms with E-state index in [9.17, 15) is 18.1 Å². The summed E-state index contributed by atoms with van der Waals surface area (Å²) in [4.78, 5) is 0. The van der Waals surface area contributed by atoms with E-state index in [2.05, 4.69) is 0 Å². The molecule has 2 atom stereocenters. The van der Waals surface area contributed by atoms with Crippen molar-refractivity contribution in [3.8, 4) is 0 Å². The number of aliphatic hydroxyl groups is 1. The smallest absolute Gasteiger partial charge is 0.748 e. The van der Waals surface area contributed by atoms with E-state index in [0.717, 1.165) is 32.1 Å². The molecule has 0 aliphatic rings. The van der Waals surface area contributed by atoms with Gasteiger partial charge < -0.3 is 9.66 Å². The zero-order valence-electron chi connectivity index (χ0n) is 19.0. The Labute approximate surface area is 218 Å². The van der Waals surface area contributed by atoms with E-state index in [1.807, 2.05) is 6.92 Å². The van der Waals surface area contributed by atoms with Crippen LogP contribution in [0.4, 0.5) is 0 Å². The van der Waals surface area contributed by atoms with Gasteiger partial charge in [-0.05, 0) is 26.2 Å². The van der Waals surface area contributed by atoms with Crippen LogP contribution >= 0.6 is 0 Å². The zero-order chi connectivity index (χ0) is 20.4. The molecule has 0 aromatic carbocycles. The molecule has 0 rings (SSSR count). The van der Waals surface area contributed by atoms with Gasteiger partial charge >= 0.3 is 51.4 Å². The van der Waals surface area contributed by atoms with Gasteiger partial charge in [0, 0.05) is 5.25 Å². The second kappa shape index (κ2) is 21.7. The molecule has 0 radical (unpaired) electrons. The summed E-state index contributed by atoms with van der Waals surface area (Å²) in [5.41, 5.74) is 0. The summed E-state index contributed by atoms with van der Waals surface area (Å²) < 4.78 is 33.0. The molecule has 0 heterocycles. The van der Waals surface area contributed by atoms with Crippen LogP contribution in [0, 0.1) is 0 Å². The molecule has 0 spiro atoms. The summed E-state index contributed by atoms with van der Waals surface area (Å²) in [6, 6.07) is 0. The number of hydrogen-bond donors (Lipinski definition) is 1. The molecular formula is C22H45KO4S. The van der Waals surface area contributed by atoms with Crippen molar-refractivity contribution in [2.24, 2.45) is 0 Å². The summed E-state index contributed by atoms with van der Waals surface area (Å²) in [5, 5.41) is 8.51. The van der Waals surface area contributed by atoms with Gasteiger partial charge in [0.15, 0.2) is 0 Å². The van der Waals surface area contributed by atoms with Crippen LogP contribution in [0.3, 0.4) is 0 Å². The Morgan fingerprint density at radius 1 is 0.679 bits per heavy atom. The molecule has 0 saturated carbocycles. The maximum atomic E-state index is 11.0. The summed E-state index contributed by atoms with van der Waals surface area (Å²) in [6.07, 6.45) is 20.5. The van der Waals surface area contributed by atoms with Crippen LogP contribution in [0.25, 0.3) is 0 Å². The van der Waals surface area contributed by atoms with E-state index < -0.39 is 15.4 Å². The molecule has 0 aromatic heterocycles. The van der Waals surface area contributed by atoms with Gasteiger partial charge in [-0.25, -0.2) is 8.42 Å². The average Bonchev–Trinajstić information content (AvgIpc) is 2.59. The standard InChI is InChI=1S/C22H46O4S.K/c1-3-22(27(24,25)26)20-18-16-14-12-10-8-6-4-5-7-9-11-13-15-17-19-21(2)23;/h21-23H,3-20H2,1-2H3,(H,24,25,26);/q;+1/p-1. The zero-order valence-corrected chi connectivity index (χ0v) is 22.9. The number of rotatable bonds is 20. The second-order valence-electron chi connectivity index (χ2n) is 8.25. The Balaban J connectivity index is 0. The van der Waals surface area contributed by atoms with Gasteiger partial charge in [0.25, 0.3) is 0 Å². The summed E-state index contributed by atoms with van der Waals surface area (Å²) in [5.74, 6) is 0. The Bertz CT molecular complexity index is 413. The number of hydrogen-bond acceptors (Lipinski definition) is 4. The van der Waals surface area contributed by atoms with E-state index in [-0.39, 0.29) is 57.5 Å². The van der Waals surface area contributed by atoms with E-state index >= 15 is 0 Å². The van der Waals surface area contributed by atoms with Crippen molar-refractivity contribution in [3.05, 3.63) is 0 Å². The van der Waals surface area contributed by atoms with Crippen molar-refractivity contribution in [1.82, 2.24) is 0 Å². The van der Waals surface area contributed by atoms with Crippen molar-refractivity contribution in [3.63, 3.8) is 0 Å². The third-order valence-electron chi connectivity index (χ3n) is 5.51. The van der Waals surface area contributed by atoms with Crippen LogP contribution in [0.15, 0.2) is 0 Å². The van der Waals surface area contributed by atoms with E-state index in [4.69, 9.17) is 0 Å². The van der Waals surface area contributed by atoms with Crippen LogP contribution < -0.4 is 51.4 Å². The molecule has 0 aliphatic heterocycles. The first-order valence-electron chi connectivity index (χ1n) is 11.5. The summed E-state index contributed by atoms with van der Waals surface area (Å²) in [6.45, 7) is 3.65. The third kappa shape index (κ3) is 22.2. The maximum Gasteiger partial charge on any atom is 1.00 e. The Kier molecular flexibility index (Phi) is 24.6. The first kappa shape index (κ1) is 31.7. The minimum absolute atomic E-state index is 0. The van der Waals surface area contributed by atoms with Gasteiger partial charge in [0.2, 0.25) is 0 Å². The topological polar surface area (TPSA) is 77.4 Å². The molecule has 1 N–H and O–H groups in total. The van der Waals surface area contributed by atoms with Crippen molar-refractivity contribution in [1.29, 1.82) is 0 Å². The molecule has 2 unspecified atom stereocenters. The van der Waals surface area contributed by atoms with Crippen LogP contribution in [0.1, 0.15) is 129 Å². The first-order valence-corrected chi connectivity index (χ1v) is 13.0. The maximum absolute atomic E-state index is 11.0. The molecule has 0 bridgehead atoms. The minimum atomic E-state index is -4.10. The first-order chi connectivity index (χ1) is 12.9. The molecule has 6 heteroatoms. The van der Waals surface area contributed by atoms with E-state index in [1.54, 1.807) is 6.92 Å². The van der Waals surface area contributed by atoms with Gasteiger partial charge in [0.05, 0.1) is 16.2 Å². The summed E-state index contributed by atoms with van der Waals surface area (Å²) >= 11 is 0. The van der Waals surface area contributed by atoms with E-state index in [1.165, 1.54) is 70.6 Å². The van der Waals surface area contributed by atoms with Gasteiger partial charge in [-0.2, -0.15) is 0 Å². The van der Waals surface area contributed by atoms with Crippen LogP contribution in [0.5, 0.6) is 0 Å². The number of unbranched alkanes of at least 4 members (excludes halogenated alkanes) is 14. The summed E-state index contributed by atoms with van der Waals surface area (Å²) in [7, 11) is -4.10. The quantitative estimate of drug-likeness (QED) is 0.177. The van der Waals surface area contributed by atoms with Crippen molar-refractivity contribution >= 4 is 10.1 Å². The third-order valence-corrected chi connectivity index (χ3v) is 6.90. The molecule has 0 saturated heterocycles. The predicted molar refractivity (Wildman–Crippen MR) is 114 cm³/mol. The predicted octanol–water partition coefficient (Wildman–Crippen LogP) is 3.33. The largest absolute Gasteiger partial charge is 1.00 e. The molecule has 4 nitrogen and oxygen atoms in total. The SMILES string of the molecule is CCC(CCCCCCCCCCCCCCCCCC(C)O)S(=O)(=O)[O-].[K+]. The van der Waals surface area contributed by atoms with Gasteiger partial charge in [-0.15, -0.1) is 0 Å². The average molecular weight is 445 g/mol. The molecule has 28 heavy (non-hydrogen) atoms. The Morgan fingerprint density at radius 3 is 1.21 bits per heavy atom. The van der Waals surface area contributed by atoms with Crippen molar-refractivity contribution < 1.29 is 69.5 Å². The van der Waals surface area contributed by atoms with Gasteiger partial charge in [0.1, 0.15) is 0 Å². The van der Waals surface area contributed by atoms with Crippen molar-refractivity contribution in [2.75, 3.05) is 0 Å². The molecule has 0 fully saturated rings. The van der Waals surface area contributed by atoms with Gasteiger partial charge in [-0.1, -0.05) is 103 Å².